The summed E-state index contributed by atoms with van der Waals surface area (Å²) in [6, 6.07) is 13.4. The summed E-state index contributed by atoms with van der Waals surface area (Å²) in [5.74, 6) is -0.229. The highest BCUT2D eigenvalue weighted by Crippen LogP contribution is 2.51. The van der Waals surface area contributed by atoms with Gasteiger partial charge in [-0.2, -0.15) is 5.10 Å². The number of H-pyrrole nitrogens is 1. The molecule has 0 saturated heterocycles. The van der Waals surface area contributed by atoms with Crippen molar-refractivity contribution in [3.8, 4) is 11.3 Å². The van der Waals surface area contributed by atoms with E-state index >= 15 is 0 Å². The van der Waals surface area contributed by atoms with Gasteiger partial charge in [-0.25, -0.2) is 4.79 Å². The van der Waals surface area contributed by atoms with Crippen molar-refractivity contribution in [2.75, 3.05) is 5.75 Å². The van der Waals surface area contributed by atoms with Crippen molar-refractivity contribution >= 4 is 39.4 Å². The Morgan fingerprint density at radius 1 is 1.17 bits per heavy atom. The lowest BCUT2D eigenvalue weighted by Gasteiger charge is -2.14. The van der Waals surface area contributed by atoms with Gasteiger partial charge in [-0.15, -0.1) is 11.8 Å². The van der Waals surface area contributed by atoms with E-state index in [9.17, 15) is 14.7 Å². The molecule has 6 nitrogen and oxygen atoms in total. The number of rotatable bonds is 3. The maximum absolute atomic E-state index is 13.3. The van der Waals surface area contributed by atoms with E-state index in [1.165, 1.54) is 16.3 Å². The SMILES string of the molecule is O=C(O)[C@@H]1CSc2c(C3CC3)c3c(-c4cccc5ccccc45)n[nH]c3c(=O)n21. The van der Waals surface area contributed by atoms with Crippen molar-refractivity contribution in [3.05, 3.63) is 58.4 Å². The second-order valence-corrected chi connectivity index (χ2v) is 8.69. The highest BCUT2D eigenvalue weighted by molar-refractivity contribution is 7.99. The van der Waals surface area contributed by atoms with Crippen molar-refractivity contribution in [2.24, 2.45) is 0 Å². The molecule has 0 bridgehead atoms. The Morgan fingerprint density at radius 3 is 2.76 bits per heavy atom. The second-order valence-electron chi connectivity index (χ2n) is 7.68. The molecule has 29 heavy (non-hydrogen) atoms. The van der Waals surface area contributed by atoms with E-state index in [0.29, 0.717) is 17.2 Å². The third-order valence-electron chi connectivity index (χ3n) is 5.92. The molecule has 1 aliphatic heterocycles. The van der Waals surface area contributed by atoms with Gasteiger partial charge in [-0.3, -0.25) is 14.5 Å². The van der Waals surface area contributed by atoms with E-state index in [1.54, 1.807) is 0 Å². The summed E-state index contributed by atoms with van der Waals surface area (Å²) in [6.07, 6.45) is 2.11. The molecule has 2 aromatic heterocycles. The van der Waals surface area contributed by atoms with Crippen LogP contribution in [0.25, 0.3) is 32.9 Å². The van der Waals surface area contributed by atoms with Gasteiger partial charge in [-0.1, -0.05) is 42.5 Å². The van der Waals surface area contributed by atoms with E-state index < -0.39 is 12.0 Å². The maximum Gasteiger partial charge on any atom is 0.327 e. The topological polar surface area (TPSA) is 88.0 Å². The number of aromatic nitrogens is 3. The lowest BCUT2D eigenvalue weighted by molar-refractivity contribution is -0.140. The lowest BCUT2D eigenvalue weighted by atomic mass is 9.97. The summed E-state index contributed by atoms with van der Waals surface area (Å²) in [4.78, 5) is 25.0. The van der Waals surface area contributed by atoms with Crippen LogP contribution in [-0.4, -0.2) is 31.6 Å². The molecule has 1 fully saturated rings. The molecule has 3 heterocycles. The van der Waals surface area contributed by atoms with Crippen LogP contribution in [-0.2, 0) is 4.79 Å². The number of aliphatic carboxylic acids is 1. The first-order valence-electron chi connectivity index (χ1n) is 9.65. The number of benzene rings is 2. The van der Waals surface area contributed by atoms with Crippen molar-refractivity contribution in [1.82, 2.24) is 14.8 Å². The summed E-state index contributed by atoms with van der Waals surface area (Å²) < 4.78 is 1.47. The molecule has 2 aliphatic rings. The van der Waals surface area contributed by atoms with Crippen LogP contribution in [0.2, 0.25) is 0 Å². The number of carboxylic acid groups (broad SMARTS) is 1. The average Bonchev–Trinajstić information content (AvgIpc) is 3.30. The molecular weight excluding hydrogens is 386 g/mol. The van der Waals surface area contributed by atoms with Gasteiger partial charge in [0.1, 0.15) is 17.3 Å². The summed E-state index contributed by atoms with van der Waals surface area (Å²) in [5.41, 5.74) is 2.96. The Hall–Kier alpha value is -3.06. The molecular formula is C22H17N3O3S. The number of thioether (sulfide) groups is 1. The Bertz CT molecular complexity index is 1380. The van der Waals surface area contributed by atoms with Gasteiger partial charge >= 0.3 is 5.97 Å². The largest absolute Gasteiger partial charge is 0.480 e. The number of aromatic amines is 1. The van der Waals surface area contributed by atoms with Gasteiger partial charge in [-0.05, 0) is 35.1 Å². The molecule has 6 rings (SSSR count). The van der Waals surface area contributed by atoms with Gasteiger partial charge in [0.2, 0.25) is 0 Å². The fourth-order valence-electron chi connectivity index (χ4n) is 4.43. The molecule has 1 saturated carbocycles. The molecule has 144 valence electrons. The van der Waals surface area contributed by atoms with Gasteiger partial charge in [0, 0.05) is 16.7 Å². The van der Waals surface area contributed by atoms with Crippen LogP contribution in [0.1, 0.15) is 30.4 Å². The van der Waals surface area contributed by atoms with Crippen LogP contribution < -0.4 is 5.56 Å². The smallest absolute Gasteiger partial charge is 0.327 e. The van der Waals surface area contributed by atoms with Gasteiger partial charge in [0.15, 0.2) is 0 Å². The molecule has 4 aromatic rings. The molecule has 2 N–H and O–H groups in total. The Balaban J connectivity index is 1.72. The molecule has 0 amide bonds. The summed E-state index contributed by atoms with van der Waals surface area (Å²) >= 11 is 1.48. The second kappa shape index (κ2) is 5.97. The van der Waals surface area contributed by atoms with E-state index in [0.717, 1.165) is 50.8 Å². The molecule has 0 radical (unpaired) electrons. The zero-order chi connectivity index (χ0) is 19.7. The van der Waals surface area contributed by atoms with Crippen LogP contribution in [0.3, 0.4) is 0 Å². The van der Waals surface area contributed by atoms with E-state index in [1.807, 2.05) is 24.3 Å². The van der Waals surface area contributed by atoms with Crippen LogP contribution in [0.15, 0.2) is 52.3 Å². The molecule has 1 atom stereocenters. The fourth-order valence-corrected chi connectivity index (χ4v) is 5.81. The molecule has 7 heteroatoms. The van der Waals surface area contributed by atoms with Crippen LogP contribution in [0.5, 0.6) is 0 Å². The Labute approximate surface area is 169 Å². The first-order chi connectivity index (χ1) is 14.1. The number of hydrogen-bond donors (Lipinski definition) is 2. The number of carbonyl (C=O) groups is 1. The van der Waals surface area contributed by atoms with Crippen molar-refractivity contribution in [3.63, 3.8) is 0 Å². The predicted molar refractivity (Wildman–Crippen MR) is 113 cm³/mol. The number of hydrogen-bond acceptors (Lipinski definition) is 4. The van der Waals surface area contributed by atoms with E-state index in [2.05, 4.69) is 28.4 Å². The zero-order valence-corrected chi connectivity index (χ0v) is 16.2. The van der Waals surface area contributed by atoms with E-state index in [4.69, 9.17) is 0 Å². The van der Waals surface area contributed by atoms with Gasteiger partial charge < -0.3 is 5.11 Å². The number of nitrogens with one attached hydrogen (secondary N) is 1. The maximum atomic E-state index is 13.3. The predicted octanol–water partition coefficient (Wildman–Crippen LogP) is 4.15. The lowest BCUT2D eigenvalue weighted by Crippen LogP contribution is -2.29. The van der Waals surface area contributed by atoms with Crippen molar-refractivity contribution < 1.29 is 9.90 Å². The number of pyridine rings is 1. The number of fused-ring (bicyclic) bond motifs is 3. The molecule has 2 aromatic carbocycles. The Kier molecular flexibility index (Phi) is 3.47. The quantitative estimate of drug-likeness (QED) is 0.536. The molecule has 1 aliphatic carbocycles. The van der Waals surface area contributed by atoms with Crippen LogP contribution >= 0.6 is 11.8 Å². The first-order valence-corrected chi connectivity index (χ1v) is 10.6. The molecule has 0 spiro atoms. The van der Waals surface area contributed by atoms with E-state index in [-0.39, 0.29) is 5.56 Å². The minimum Gasteiger partial charge on any atom is -0.480 e. The highest BCUT2D eigenvalue weighted by Gasteiger charge is 2.39. The Morgan fingerprint density at radius 2 is 1.97 bits per heavy atom. The summed E-state index contributed by atoms with van der Waals surface area (Å²) in [5, 5.41) is 21.0. The monoisotopic (exact) mass is 403 g/mol. The minimum absolute atomic E-state index is 0.296. The van der Waals surface area contributed by atoms with Crippen molar-refractivity contribution in [1.29, 1.82) is 0 Å². The average molecular weight is 403 g/mol. The normalized spacial score (nSPS) is 18.4. The van der Waals surface area contributed by atoms with Crippen LogP contribution in [0.4, 0.5) is 0 Å². The minimum atomic E-state index is -0.965. The molecule has 0 unspecified atom stereocenters. The number of nitrogens with zero attached hydrogens (tertiary/aromatic N) is 2. The summed E-state index contributed by atoms with van der Waals surface area (Å²) in [6.45, 7) is 0. The van der Waals surface area contributed by atoms with Crippen molar-refractivity contribution in [2.45, 2.75) is 29.8 Å². The van der Waals surface area contributed by atoms with Gasteiger partial charge in [0.05, 0.1) is 5.03 Å². The van der Waals surface area contributed by atoms with Crippen LogP contribution in [0, 0.1) is 0 Å². The standard InChI is InChI=1S/C22H17N3O3S/c26-20-19-17(16(12-8-9-12)21-25(20)15(10-29-21)22(27)28)18(23-24-19)14-7-3-5-11-4-1-2-6-13(11)14/h1-7,12,15H,8-10H2,(H,23,24)(H,27,28)/t15-/m0/s1. The summed E-state index contributed by atoms with van der Waals surface area (Å²) in [7, 11) is 0. The first kappa shape index (κ1) is 16.9. The third-order valence-corrected chi connectivity index (χ3v) is 7.09. The highest BCUT2D eigenvalue weighted by atomic mass is 32.2. The fraction of sp³-hybridized carbons (Fsp3) is 0.227. The third kappa shape index (κ3) is 2.34. The van der Waals surface area contributed by atoms with Gasteiger partial charge in [0.25, 0.3) is 5.56 Å². The zero-order valence-electron chi connectivity index (χ0n) is 15.4. The number of carboxylic acids is 1.